The van der Waals surface area contributed by atoms with Gasteiger partial charge >= 0.3 is 6.36 Å². The molecule has 0 spiro atoms. The number of nitrogen functional groups attached to an aromatic ring is 1. The summed E-state index contributed by atoms with van der Waals surface area (Å²) < 4.78 is 68.7. The Hall–Kier alpha value is -3.61. The number of rotatable bonds is 6. The van der Waals surface area contributed by atoms with Gasteiger partial charge in [-0.1, -0.05) is 17.7 Å². The highest BCUT2D eigenvalue weighted by molar-refractivity contribution is 6.29. The van der Waals surface area contributed by atoms with Crippen LogP contribution in [-0.4, -0.2) is 45.2 Å². The van der Waals surface area contributed by atoms with Gasteiger partial charge in [0.1, 0.15) is 33.8 Å². The van der Waals surface area contributed by atoms with Crippen LogP contribution in [0, 0.1) is 5.82 Å². The molecule has 0 aliphatic carbocycles. The maximum absolute atomic E-state index is 14.5. The number of imidazole rings is 1. The van der Waals surface area contributed by atoms with Gasteiger partial charge in [-0.2, -0.15) is 4.39 Å². The number of nitrogens with two attached hydrogens (primary N) is 1. The molecule has 1 aliphatic heterocycles. The van der Waals surface area contributed by atoms with Crippen LogP contribution in [0.5, 0.6) is 17.2 Å². The molecule has 3 N–H and O–H groups in total. The van der Waals surface area contributed by atoms with E-state index in [9.17, 15) is 22.7 Å². The van der Waals surface area contributed by atoms with Gasteiger partial charge in [-0.05, 0) is 49.2 Å². The van der Waals surface area contributed by atoms with Crippen molar-refractivity contribution in [3.8, 4) is 28.5 Å². The molecule has 2 unspecified atom stereocenters. The Morgan fingerprint density at radius 3 is 2.53 bits per heavy atom. The van der Waals surface area contributed by atoms with Gasteiger partial charge in [0, 0.05) is 11.5 Å². The van der Waals surface area contributed by atoms with Crippen molar-refractivity contribution in [3.05, 3.63) is 65.5 Å². The number of hydrogen-bond donors (Lipinski definition) is 2. The summed E-state index contributed by atoms with van der Waals surface area (Å²) in [5.41, 5.74) is 7.81. The molecule has 0 radical (unpaired) electrons. The molecule has 1 saturated heterocycles. The van der Waals surface area contributed by atoms with Crippen LogP contribution in [0.25, 0.3) is 16.8 Å². The Balaban J connectivity index is 1.46. The van der Waals surface area contributed by atoms with Gasteiger partial charge < -0.3 is 25.1 Å². The van der Waals surface area contributed by atoms with Gasteiger partial charge in [-0.25, -0.2) is 9.97 Å². The Bertz CT molecular complexity index is 1450. The monoisotopic (exact) mass is 552 g/mol. The zero-order valence-corrected chi connectivity index (χ0v) is 20.3. The highest BCUT2D eigenvalue weighted by Gasteiger charge is 2.33. The summed E-state index contributed by atoms with van der Waals surface area (Å²) in [7, 11) is 0. The number of fused-ring (bicyclic) bond motifs is 1. The third-order valence-corrected chi connectivity index (χ3v) is 6.38. The average molecular weight is 553 g/mol. The van der Waals surface area contributed by atoms with Crippen LogP contribution in [0.2, 0.25) is 5.15 Å². The minimum absolute atomic E-state index is 0.0596. The fourth-order valence-electron chi connectivity index (χ4n) is 4.34. The van der Waals surface area contributed by atoms with E-state index in [1.54, 1.807) is 16.5 Å². The van der Waals surface area contributed by atoms with Crippen molar-refractivity contribution in [3.63, 3.8) is 0 Å². The van der Waals surface area contributed by atoms with Crippen LogP contribution in [0.15, 0.2) is 48.7 Å². The maximum atomic E-state index is 14.5. The molecule has 13 heteroatoms. The number of nitrogens with zero attached hydrogens (tertiary/aromatic N) is 3. The number of aliphatic hydroxyl groups excluding tert-OH is 1. The molecular weight excluding hydrogens is 532 g/mol. The van der Waals surface area contributed by atoms with E-state index in [1.807, 2.05) is 0 Å². The second-order valence-corrected chi connectivity index (χ2v) is 9.01. The van der Waals surface area contributed by atoms with E-state index in [2.05, 4.69) is 9.72 Å². The van der Waals surface area contributed by atoms with Gasteiger partial charge in [-0.15, -0.1) is 13.2 Å². The van der Waals surface area contributed by atoms with Crippen LogP contribution in [0.3, 0.4) is 0 Å². The molecule has 2 atom stereocenters. The first-order chi connectivity index (χ1) is 18.1. The van der Waals surface area contributed by atoms with Crippen molar-refractivity contribution in [1.82, 2.24) is 14.4 Å². The number of alkyl halides is 3. The summed E-state index contributed by atoms with van der Waals surface area (Å²) in [4.78, 5) is 8.98. The molecule has 0 bridgehead atoms. The Morgan fingerprint density at radius 1 is 1.13 bits per heavy atom. The second-order valence-electron chi connectivity index (χ2n) is 8.62. The predicted molar refractivity (Wildman–Crippen MR) is 130 cm³/mol. The number of halogens is 5. The third kappa shape index (κ3) is 5.19. The molecule has 0 saturated carbocycles. The average Bonchev–Trinajstić information content (AvgIpc) is 3.30. The molecule has 5 rings (SSSR count). The molecule has 200 valence electrons. The smallest absolute Gasteiger partial charge is 0.454 e. The van der Waals surface area contributed by atoms with Crippen molar-refractivity contribution in [1.29, 1.82) is 0 Å². The first kappa shape index (κ1) is 26.0. The zero-order valence-electron chi connectivity index (χ0n) is 19.6. The van der Waals surface area contributed by atoms with Gasteiger partial charge in [0.15, 0.2) is 11.5 Å². The molecule has 1 aliphatic rings. The Labute approximate surface area is 218 Å². The van der Waals surface area contributed by atoms with Crippen LogP contribution in [0.4, 0.5) is 23.4 Å². The number of benzene rings is 2. The summed E-state index contributed by atoms with van der Waals surface area (Å²) in [5, 5.41) is 9.68. The molecule has 2 aromatic carbocycles. The third-order valence-electron chi connectivity index (χ3n) is 6.12. The highest BCUT2D eigenvalue weighted by atomic mass is 35.5. The molecule has 2 aromatic heterocycles. The Kier molecular flexibility index (Phi) is 7.03. The van der Waals surface area contributed by atoms with Gasteiger partial charge in [0.25, 0.3) is 0 Å². The quantitative estimate of drug-likeness (QED) is 0.295. The summed E-state index contributed by atoms with van der Waals surface area (Å²) in [6, 6.07) is 9.55. The zero-order chi connectivity index (χ0) is 27.0. The summed E-state index contributed by atoms with van der Waals surface area (Å²) in [5.74, 6) is -1.82. The molecular formula is C25H21ClF4N4O4. The fourth-order valence-corrected chi connectivity index (χ4v) is 4.56. The lowest BCUT2D eigenvalue weighted by atomic mass is 9.98. The largest absolute Gasteiger partial charge is 0.573 e. The van der Waals surface area contributed by atoms with Gasteiger partial charge in [0.05, 0.1) is 25.5 Å². The van der Waals surface area contributed by atoms with Crippen LogP contribution >= 0.6 is 11.6 Å². The minimum atomic E-state index is -5.04. The lowest BCUT2D eigenvalue weighted by molar-refractivity contribution is -0.275. The van der Waals surface area contributed by atoms with Crippen LogP contribution in [0.1, 0.15) is 24.6 Å². The van der Waals surface area contributed by atoms with Crippen molar-refractivity contribution in [2.45, 2.75) is 31.2 Å². The molecule has 38 heavy (non-hydrogen) atoms. The van der Waals surface area contributed by atoms with Crippen molar-refractivity contribution in [2.24, 2.45) is 0 Å². The van der Waals surface area contributed by atoms with Crippen molar-refractivity contribution >= 4 is 22.9 Å². The highest BCUT2D eigenvalue weighted by Crippen LogP contribution is 2.38. The summed E-state index contributed by atoms with van der Waals surface area (Å²) in [6.45, 7) is 0.285. The first-order valence-corrected chi connectivity index (χ1v) is 11.9. The lowest BCUT2D eigenvalue weighted by Crippen LogP contribution is -2.28. The SMILES string of the molecule is Nc1ncc(Cl)n2c(C3CCC(CO)OC3)nc(-c3ccc(Oc4cccc(OC(F)(F)F)c4F)cc3)c12. The Morgan fingerprint density at radius 2 is 1.87 bits per heavy atom. The number of ether oxygens (including phenoxy) is 3. The van der Waals surface area contributed by atoms with E-state index in [1.165, 1.54) is 30.5 Å². The van der Waals surface area contributed by atoms with E-state index < -0.39 is 23.7 Å². The number of hydrogen-bond acceptors (Lipinski definition) is 7. The fraction of sp³-hybridized carbons (Fsp3) is 0.280. The molecule has 1 fully saturated rings. The number of aromatic nitrogens is 3. The van der Waals surface area contributed by atoms with Crippen molar-refractivity contribution in [2.75, 3.05) is 18.9 Å². The van der Waals surface area contributed by atoms with Crippen molar-refractivity contribution < 1.29 is 36.9 Å². The van der Waals surface area contributed by atoms with Gasteiger partial charge in [-0.3, -0.25) is 4.40 Å². The minimum Gasteiger partial charge on any atom is -0.454 e. The maximum Gasteiger partial charge on any atom is 0.573 e. The van der Waals surface area contributed by atoms with E-state index in [4.69, 9.17) is 31.8 Å². The standard InChI is InChI=1S/C25H21ClF4N4O4/c26-19-10-32-23(31)22-21(33-24(34(19)22)14-6-9-16(11-35)36-12-14)13-4-7-15(8-5-13)37-17-2-1-3-18(20(17)27)38-25(28,29)30/h1-5,7-8,10,14,16,35H,6,9,11-12H2,(H2,31,32). The molecule has 4 aromatic rings. The molecule has 8 nitrogen and oxygen atoms in total. The first-order valence-electron chi connectivity index (χ1n) is 11.5. The summed E-state index contributed by atoms with van der Waals surface area (Å²) in [6.07, 6.45) is -2.46. The molecule has 0 amide bonds. The number of aliphatic hydroxyl groups is 1. The summed E-state index contributed by atoms with van der Waals surface area (Å²) >= 11 is 6.48. The molecule has 3 heterocycles. The van der Waals surface area contributed by atoms with Crippen LogP contribution in [-0.2, 0) is 4.74 Å². The normalized spacial score (nSPS) is 18.1. The topological polar surface area (TPSA) is 104 Å². The number of anilines is 1. The van der Waals surface area contributed by atoms with Crippen LogP contribution < -0.4 is 15.2 Å². The lowest BCUT2D eigenvalue weighted by Gasteiger charge is -2.27. The van der Waals surface area contributed by atoms with E-state index in [0.29, 0.717) is 40.8 Å². The van der Waals surface area contributed by atoms with E-state index >= 15 is 0 Å². The van der Waals surface area contributed by atoms with E-state index in [-0.39, 0.29) is 30.2 Å². The second kappa shape index (κ2) is 10.3. The van der Waals surface area contributed by atoms with E-state index in [0.717, 1.165) is 12.5 Å². The van der Waals surface area contributed by atoms with Gasteiger partial charge in [0.2, 0.25) is 5.82 Å². The predicted octanol–water partition coefficient (Wildman–Crippen LogP) is 5.72.